The summed E-state index contributed by atoms with van der Waals surface area (Å²) in [4.78, 5) is 0. The SMILES string of the molecule is CCCC1CCC(c2ccc(OCCCCC[Si](N=C=S)(N=C=S)N=C=S)cc2)CC1. The van der Waals surface area contributed by atoms with Crippen molar-refractivity contribution in [1.82, 2.24) is 0 Å². The van der Waals surface area contributed by atoms with E-state index in [9.17, 15) is 0 Å². The van der Waals surface area contributed by atoms with Crippen LogP contribution < -0.4 is 4.74 Å². The van der Waals surface area contributed by atoms with Gasteiger partial charge in [0.2, 0.25) is 0 Å². The van der Waals surface area contributed by atoms with E-state index in [4.69, 9.17) is 41.4 Å². The number of hydrogen-bond donors (Lipinski definition) is 0. The fourth-order valence-electron chi connectivity index (χ4n) is 4.32. The van der Waals surface area contributed by atoms with E-state index in [1.807, 2.05) is 0 Å². The summed E-state index contributed by atoms with van der Waals surface area (Å²) in [6.07, 6.45) is 10.9. The molecule has 8 heteroatoms. The molecule has 0 aliphatic heterocycles. The van der Waals surface area contributed by atoms with Crippen molar-refractivity contribution in [1.29, 1.82) is 0 Å². The molecule has 166 valence electrons. The first-order valence-electron chi connectivity index (χ1n) is 11.2. The van der Waals surface area contributed by atoms with Crippen LogP contribution in [0.5, 0.6) is 5.75 Å². The molecule has 4 nitrogen and oxygen atoms in total. The van der Waals surface area contributed by atoms with Crippen LogP contribution in [0.2, 0.25) is 6.04 Å². The summed E-state index contributed by atoms with van der Waals surface area (Å²) in [5.74, 6) is 2.60. The van der Waals surface area contributed by atoms with Gasteiger partial charge < -0.3 is 4.74 Å². The minimum Gasteiger partial charge on any atom is -0.494 e. The normalized spacial score (nSPS) is 19.8. The van der Waals surface area contributed by atoms with E-state index in [1.165, 1.54) is 44.1 Å². The maximum absolute atomic E-state index is 5.93. The van der Waals surface area contributed by atoms with Gasteiger partial charge in [-0.3, -0.25) is 0 Å². The van der Waals surface area contributed by atoms with E-state index in [1.54, 1.807) is 0 Å². The highest BCUT2D eigenvalue weighted by Gasteiger charge is 2.33. The molecule has 1 aromatic carbocycles. The molecule has 0 N–H and O–H groups in total. The number of ether oxygens (including phenoxy) is 1. The first-order chi connectivity index (χ1) is 15.2. The summed E-state index contributed by atoms with van der Waals surface area (Å²) in [7, 11) is -2.76. The van der Waals surface area contributed by atoms with Crippen LogP contribution in [0.4, 0.5) is 0 Å². The Kier molecular flexibility index (Phi) is 12.2. The van der Waals surface area contributed by atoms with Crippen LogP contribution >= 0.6 is 36.7 Å². The number of isothiocyanates is 3. The van der Waals surface area contributed by atoms with Crippen molar-refractivity contribution in [2.24, 2.45) is 19.9 Å². The van der Waals surface area contributed by atoms with E-state index in [2.05, 4.69) is 60.6 Å². The highest BCUT2D eigenvalue weighted by molar-refractivity contribution is 7.78. The second kappa shape index (κ2) is 14.7. The van der Waals surface area contributed by atoms with Crippen LogP contribution in [-0.2, 0) is 0 Å². The van der Waals surface area contributed by atoms with Gasteiger partial charge in [0.05, 0.1) is 22.1 Å². The molecule has 0 aromatic heterocycles. The van der Waals surface area contributed by atoms with E-state index >= 15 is 0 Å². The van der Waals surface area contributed by atoms with Gasteiger partial charge in [0, 0.05) is 6.04 Å². The van der Waals surface area contributed by atoms with Gasteiger partial charge in [-0.15, -0.1) is 0 Å². The molecule has 1 aromatic rings. The third-order valence-corrected chi connectivity index (χ3v) is 9.19. The maximum atomic E-state index is 5.93. The van der Waals surface area contributed by atoms with Gasteiger partial charge in [-0.1, -0.05) is 44.7 Å². The number of nitrogens with zero attached hydrogens (tertiary/aromatic N) is 3. The molecule has 1 saturated carbocycles. The molecule has 1 fully saturated rings. The van der Waals surface area contributed by atoms with Gasteiger partial charge in [0.1, 0.15) is 5.75 Å². The molecule has 0 heterocycles. The fourth-order valence-corrected chi connectivity index (χ4v) is 7.29. The number of thiocarbonyl (C=S) groups is 3. The van der Waals surface area contributed by atoms with Crippen LogP contribution in [0.15, 0.2) is 38.2 Å². The summed E-state index contributed by atoms with van der Waals surface area (Å²) in [5, 5.41) is 7.12. The summed E-state index contributed by atoms with van der Waals surface area (Å²) in [6.45, 7) is 2.97. The van der Waals surface area contributed by atoms with Crippen molar-refractivity contribution in [2.45, 2.75) is 76.7 Å². The largest absolute Gasteiger partial charge is 0.494 e. The fraction of sp³-hybridized carbons (Fsp3) is 0.609. The second-order valence-electron chi connectivity index (χ2n) is 8.12. The van der Waals surface area contributed by atoms with E-state index < -0.39 is 8.56 Å². The lowest BCUT2D eigenvalue weighted by molar-refractivity contribution is 0.303. The lowest BCUT2D eigenvalue weighted by atomic mass is 9.77. The van der Waals surface area contributed by atoms with Crippen molar-refractivity contribution in [3.8, 4) is 5.75 Å². The Morgan fingerprint density at radius 1 is 0.903 bits per heavy atom. The van der Waals surface area contributed by atoms with Crippen LogP contribution in [0.25, 0.3) is 0 Å². The molecule has 0 radical (unpaired) electrons. The van der Waals surface area contributed by atoms with Crippen molar-refractivity contribution in [2.75, 3.05) is 6.61 Å². The average molecular weight is 490 g/mol. The van der Waals surface area contributed by atoms with E-state index in [0.717, 1.165) is 30.9 Å². The van der Waals surface area contributed by atoms with Crippen molar-refractivity contribution in [3.05, 3.63) is 29.8 Å². The zero-order valence-electron chi connectivity index (χ0n) is 18.2. The summed E-state index contributed by atoms with van der Waals surface area (Å²) >= 11 is 14.2. The predicted octanol–water partition coefficient (Wildman–Crippen LogP) is 7.56. The predicted molar refractivity (Wildman–Crippen MR) is 141 cm³/mol. The lowest BCUT2D eigenvalue weighted by Gasteiger charge is -2.28. The second-order valence-corrected chi connectivity index (χ2v) is 11.4. The van der Waals surface area contributed by atoms with Gasteiger partial charge in [-0.05, 0) is 98.3 Å². The van der Waals surface area contributed by atoms with Crippen LogP contribution in [-0.4, -0.2) is 30.6 Å². The maximum Gasteiger partial charge on any atom is 0.461 e. The van der Waals surface area contributed by atoms with Gasteiger partial charge in [-0.2, -0.15) is 0 Å². The van der Waals surface area contributed by atoms with Gasteiger partial charge in [0.25, 0.3) is 0 Å². The molecule has 31 heavy (non-hydrogen) atoms. The number of unbranched alkanes of at least 4 members (excludes halogenated alkanes) is 2. The highest BCUT2D eigenvalue weighted by atomic mass is 32.1. The lowest BCUT2D eigenvalue weighted by Crippen LogP contribution is -2.27. The molecule has 1 aliphatic carbocycles. The Morgan fingerprint density at radius 2 is 1.52 bits per heavy atom. The number of rotatable bonds is 13. The van der Waals surface area contributed by atoms with Crippen molar-refractivity contribution >= 4 is 60.7 Å². The third kappa shape index (κ3) is 8.95. The Balaban J connectivity index is 1.71. The topological polar surface area (TPSA) is 46.3 Å². The molecule has 1 aliphatic rings. The minimum absolute atomic E-state index is 0.666. The first kappa shape index (κ1) is 25.9. The molecule has 2 rings (SSSR count). The highest BCUT2D eigenvalue weighted by Crippen LogP contribution is 2.37. The zero-order valence-corrected chi connectivity index (χ0v) is 21.7. The smallest absolute Gasteiger partial charge is 0.461 e. The Bertz CT molecular complexity index is 775. The Morgan fingerprint density at radius 3 is 2.06 bits per heavy atom. The van der Waals surface area contributed by atoms with Crippen LogP contribution in [0.1, 0.15) is 76.2 Å². The van der Waals surface area contributed by atoms with Gasteiger partial charge in [-0.25, -0.2) is 14.0 Å². The average Bonchev–Trinajstić information content (AvgIpc) is 2.78. The quantitative estimate of drug-likeness (QED) is 0.124. The Labute approximate surface area is 203 Å². The molecule has 0 bridgehead atoms. The first-order valence-corrected chi connectivity index (χ1v) is 14.4. The molecule has 0 saturated heterocycles. The zero-order chi connectivity index (χ0) is 22.4. The number of benzene rings is 1. The summed E-state index contributed by atoms with van der Waals surface area (Å²) in [5.41, 5.74) is 1.46. The van der Waals surface area contributed by atoms with E-state index in [-0.39, 0.29) is 0 Å². The number of hydrogen-bond acceptors (Lipinski definition) is 7. The molecule has 0 unspecified atom stereocenters. The van der Waals surface area contributed by atoms with Crippen molar-refractivity contribution < 1.29 is 4.74 Å². The monoisotopic (exact) mass is 489 g/mol. The van der Waals surface area contributed by atoms with Crippen LogP contribution in [0, 0.1) is 5.92 Å². The molecule has 0 amide bonds. The van der Waals surface area contributed by atoms with Crippen molar-refractivity contribution in [3.63, 3.8) is 0 Å². The standard InChI is InChI=1S/C23H31N3OS3Si/c1-2-6-20-7-9-21(10-8-20)22-11-13-23(14-12-22)27-15-4-3-5-16-31(24-17-28,25-18-29)26-19-30/h11-14,20-21H,2-10,15-16H2,1H3. The van der Waals surface area contributed by atoms with E-state index in [0.29, 0.717) is 18.6 Å². The van der Waals surface area contributed by atoms with Crippen LogP contribution in [0.3, 0.4) is 0 Å². The Hall–Kier alpha value is -1.36. The molecule has 0 atom stereocenters. The van der Waals surface area contributed by atoms with Gasteiger partial charge >= 0.3 is 8.56 Å². The molecular formula is C23H31N3OS3Si. The summed E-state index contributed by atoms with van der Waals surface area (Å²) < 4.78 is 18.3. The molecular weight excluding hydrogens is 459 g/mol. The molecule has 0 spiro atoms. The van der Waals surface area contributed by atoms with Gasteiger partial charge in [0.15, 0.2) is 0 Å². The summed E-state index contributed by atoms with van der Waals surface area (Å²) in [6, 6.07) is 9.38. The third-order valence-electron chi connectivity index (χ3n) is 5.99. The minimum atomic E-state index is -2.76.